The minimum Gasteiger partial charge on any atom is -0.477 e. The van der Waals surface area contributed by atoms with Gasteiger partial charge in [-0.1, -0.05) is 0 Å². The Labute approximate surface area is 176 Å². The number of benzene rings is 2. The fraction of sp³-hybridized carbons (Fsp3) is 0.200. The molecule has 0 radical (unpaired) electrons. The van der Waals surface area contributed by atoms with E-state index >= 15 is 0 Å². The third-order valence-electron chi connectivity index (χ3n) is 4.87. The highest BCUT2D eigenvalue weighted by Crippen LogP contribution is 2.27. The van der Waals surface area contributed by atoms with Crippen molar-refractivity contribution in [2.45, 2.75) is 0 Å². The zero-order valence-electron chi connectivity index (χ0n) is 15.7. The van der Waals surface area contributed by atoms with Gasteiger partial charge in [-0.3, -0.25) is 4.79 Å². The molecule has 0 saturated carbocycles. The number of nitrogens with one attached hydrogen (secondary N) is 1. The highest BCUT2D eigenvalue weighted by molar-refractivity contribution is 5.94. The number of hydrogen-bond acceptors (Lipinski definition) is 4. The summed E-state index contributed by atoms with van der Waals surface area (Å²) in [7, 11) is 0. The SMILES string of the molecule is Cl.O.O=C(O)c1cn(-c2ccc(F)cc2)c2cc(N3CCNCC3)c(F)cc2c1=O. The lowest BCUT2D eigenvalue weighted by Crippen LogP contribution is -2.43. The van der Waals surface area contributed by atoms with Gasteiger partial charge in [0, 0.05) is 43.4 Å². The summed E-state index contributed by atoms with van der Waals surface area (Å²) in [6, 6.07) is 8.05. The van der Waals surface area contributed by atoms with Crippen LogP contribution in [0.4, 0.5) is 14.5 Å². The van der Waals surface area contributed by atoms with Crippen molar-refractivity contribution in [3.8, 4) is 5.69 Å². The lowest BCUT2D eigenvalue weighted by Gasteiger charge is -2.30. The Bertz CT molecular complexity index is 1130. The normalized spacial score (nSPS) is 13.5. The van der Waals surface area contributed by atoms with E-state index in [1.165, 1.54) is 35.0 Å². The number of carbonyl (C=O) groups is 1. The van der Waals surface area contributed by atoms with E-state index in [1.54, 1.807) is 6.07 Å². The minimum atomic E-state index is -1.41. The Balaban J connectivity index is 0.00000160. The van der Waals surface area contributed by atoms with Gasteiger partial charge in [0.2, 0.25) is 5.43 Å². The minimum absolute atomic E-state index is 0. The van der Waals surface area contributed by atoms with Crippen molar-refractivity contribution >= 4 is 35.0 Å². The van der Waals surface area contributed by atoms with Crippen LogP contribution in [0.2, 0.25) is 0 Å². The number of nitrogens with zero attached hydrogens (tertiary/aromatic N) is 2. The highest BCUT2D eigenvalue weighted by atomic mass is 35.5. The molecule has 1 saturated heterocycles. The van der Waals surface area contributed by atoms with Gasteiger partial charge in [0.25, 0.3) is 0 Å². The number of carboxylic acids is 1. The first kappa shape index (κ1) is 23.3. The van der Waals surface area contributed by atoms with E-state index in [2.05, 4.69) is 5.32 Å². The lowest BCUT2D eigenvalue weighted by atomic mass is 10.1. The second kappa shape index (κ2) is 9.21. The summed E-state index contributed by atoms with van der Waals surface area (Å²) in [4.78, 5) is 26.0. The molecule has 0 atom stereocenters. The van der Waals surface area contributed by atoms with Crippen molar-refractivity contribution in [2.75, 3.05) is 31.1 Å². The molecule has 10 heteroatoms. The molecule has 4 rings (SSSR count). The van der Waals surface area contributed by atoms with E-state index < -0.39 is 28.6 Å². The number of piperazine rings is 1. The molecule has 1 fully saturated rings. The van der Waals surface area contributed by atoms with Crippen molar-refractivity contribution in [2.24, 2.45) is 0 Å². The number of fused-ring (bicyclic) bond motifs is 1. The van der Waals surface area contributed by atoms with E-state index in [4.69, 9.17) is 0 Å². The molecule has 0 spiro atoms. The van der Waals surface area contributed by atoms with Gasteiger partial charge in [0.05, 0.1) is 11.2 Å². The van der Waals surface area contributed by atoms with Gasteiger partial charge >= 0.3 is 5.97 Å². The Hall–Kier alpha value is -3.01. The molecular weight excluding hydrogens is 420 g/mol. The number of aromatic nitrogens is 1. The fourth-order valence-electron chi connectivity index (χ4n) is 3.45. The van der Waals surface area contributed by atoms with Crippen LogP contribution in [-0.4, -0.2) is 47.3 Å². The third-order valence-corrected chi connectivity index (χ3v) is 4.87. The summed E-state index contributed by atoms with van der Waals surface area (Å²) in [6.07, 6.45) is 1.19. The number of hydrogen-bond donors (Lipinski definition) is 2. The molecule has 160 valence electrons. The van der Waals surface area contributed by atoms with Gasteiger partial charge in [-0.25, -0.2) is 13.6 Å². The van der Waals surface area contributed by atoms with E-state index in [0.717, 1.165) is 6.07 Å². The van der Waals surface area contributed by atoms with Crippen LogP contribution in [0.5, 0.6) is 0 Å². The quantitative estimate of drug-likeness (QED) is 0.649. The first-order valence-corrected chi connectivity index (χ1v) is 8.79. The van der Waals surface area contributed by atoms with E-state index in [9.17, 15) is 23.5 Å². The van der Waals surface area contributed by atoms with Crippen LogP contribution >= 0.6 is 12.4 Å². The molecule has 7 nitrogen and oxygen atoms in total. The fourth-order valence-corrected chi connectivity index (χ4v) is 3.45. The molecule has 0 amide bonds. The van der Waals surface area contributed by atoms with E-state index in [0.29, 0.717) is 43.1 Å². The van der Waals surface area contributed by atoms with Crippen molar-refractivity contribution in [1.82, 2.24) is 9.88 Å². The maximum absolute atomic E-state index is 14.8. The second-order valence-electron chi connectivity index (χ2n) is 6.58. The molecule has 1 aliphatic rings. The van der Waals surface area contributed by atoms with E-state index in [-0.39, 0.29) is 23.3 Å². The molecule has 0 aliphatic carbocycles. The molecule has 1 aromatic heterocycles. The van der Waals surface area contributed by atoms with Crippen LogP contribution < -0.4 is 15.6 Å². The number of halogens is 3. The lowest BCUT2D eigenvalue weighted by molar-refractivity contribution is 0.0695. The smallest absolute Gasteiger partial charge is 0.341 e. The average Bonchev–Trinajstić information content (AvgIpc) is 2.69. The van der Waals surface area contributed by atoms with Crippen LogP contribution in [0.1, 0.15) is 10.4 Å². The number of carboxylic acid groups (broad SMARTS) is 1. The molecule has 30 heavy (non-hydrogen) atoms. The van der Waals surface area contributed by atoms with Crippen molar-refractivity contribution in [3.63, 3.8) is 0 Å². The number of rotatable bonds is 3. The summed E-state index contributed by atoms with van der Waals surface area (Å²) >= 11 is 0. The largest absolute Gasteiger partial charge is 0.477 e. The first-order chi connectivity index (χ1) is 13.5. The summed E-state index contributed by atoms with van der Waals surface area (Å²) in [5, 5.41) is 12.5. The molecule has 1 aliphatic heterocycles. The number of pyridine rings is 1. The molecule has 2 aromatic carbocycles. The Morgan fingerprint density at radius 1 is 1.07 bits per heavy atom. The Kier molecular flexibility index (Phi) is 7.14. The number of aromatic carboxylic acids is 1. The maximum atomic E-state index is 14.8. The van der Waals surface area contributed by atoms with Gasteiger partial charge in [-0.2, -0.15) is 0 Å². The summed E-state index contributed by atoms with van der Waals surface area (Å²) in [5.74, 6) is -2.44. The summed E-state index contributed by atoms with van der Waals surface area (Å²) in [5.41, 5.74) is -0.0755. The van der Waals surface area contributed by atoms with Crippen molar-refractivity contribution in [1.29, 1.82) is 0 Å². The first-order valence-electron chi connectivity index (χ1n) is 8.79. The van der Waals surface area contributed by atoms with Gasteiger partial charge in [-0.05, 0) is 36.4 Å². The van der Waals surface area contributed by atoms with Gasteiger partial charge in [0.1, 0.15) is 17.2 Å². The molecule has 4 N–H and O–H groups in total. The van der Waals surface area contributed by atoms with E-state index in [1.807, 2.05) is 4.90 Å². The summed E-state index contributed by atoms with van der Waals surface area (Å²) < 4.78 is 29.6. The predicted molar refractivity (Wildman–Crippen MR) is 112 cm³/mol. The standard InChI is InChI=1S/C20H17F2N3O3.ClH.H2O/c21-12-1-3-13(4-2-12)25-11-15(20(27)28)19(26)14-9-16(22)18(10-17(14)25)24-7-5-23-6-8-24;;/h1-4,9-11,23H,5-8H2,(H,27,28);1H;1H2. The predicted octanol–water partition coefficient (Wildman–Crippen LogP) is 1.97. The van der Waals surface area contributed by atoms with Crippen LogP contribution in [-0.2, 0) is 0 Å². The topological polar surface area (TPSA) is 106 Å². The Morgan fingerprint density at radius 3 is 2.30 bits per heavy atom. The third kappa shape index (κ3) is 4.13. The van der Waals surface area contributed by atoms with Crippen LogP contribution in [0.15, 0.2) is 47.4 Å². The zero-order valence-corrected chi connectivity index (χ0v) is 16.5. The number of anilines is 1. The Morgan fingerprint density at radius 2 is 1.70 bits per heavy atom. The molecule has 0 bridgehead atoms. The van der Waals surface area contributed by atoms with Crippen molar-refractivity contribution in [3.05, 3.63) is 70.0 Å². The average molecular weight is 440 g/mol. The highest BCUT2D eigenvalue weighted by Gasteiger charge is 2.20. The second-order valence-corrected chi connectivity index (χ2v) is 6.58. The van der Waals surface area contributed by atoms with Crippen LogP contribution in [0, 0.1) is 11.6 Å². The van der Waals surface area contributed by atoms with Gasteiger partial charge < -0.3 is 25.4 Å². The van der Waals surface area contributed by atoms with Crippen LogP contribution in [0.25, 0.3) is 16.6 Å². The van der Waals surface area contributed by atoms with Gasteiger partial charge in [-0.15, -0.1) is 12.4 Å². The van der Waals surface area contributed by atoms with Gasteiger partial charge in [0.15, 0.2) is 0 Å². The molecule has 2 heterocycles. The summed E-state index contributed by atoms with van der Waals surface area (Å²) in [6.45, 7) is 2.63. The van der Waals surface area contributed by atoms with Crippen molar-refractivity contribution < 1.29 is 24.2 Å². The molecule has 3 aromatic rings. The molecular formula is C20H20ClF2N3O4. The molecule has 0 unspecified atom stereocenters. The zero-order chi connectivity index (χ0) is 19.8. The maximum Gasteiger partial charge on any atom is 0.341 e. The monoisotopic (exact) mass is 439 g/mol. The van der Waals surface area contributed by atoms with Crippen LogP contribution in [0.3, 0.4) is 0 Å².